The van der Waals surface area contributed by atoms with E-state index in [1.807, 2.05) is 11.8 Å². The first-order valence-corrected chi connectivity index (χ1v) is 9.86. The highest BCUT2D eigenvalue weighted by atomic mass is 16.5. The molecule has 0 spiro atoms. The van der Waals surface area contributed by atoms with Gasteiger partial charge in [0.05, 0.1) is 26.4 Å². The lowest BCUT2D eigenvalue weighted by molar-refractivity contribution is -0.136. The van der Waals surface area contributed by atoms with E-state index in [4.69, 9.17) is 15.2 Å². The highest BCUT2D eigenvalue weighted by Gasteiger charge is 2.26. The molecule has 28 heavy (non-hydrogen) atoms. The van der Waals surface area contributed by atoms with Crippen molar-refractivity contribution in [1.82, 2.24) is 14.0 Å². The average Bonchev–Trinajstić information content (AvgIpc) is 2.72. The molecule has 0 radical (unpaired) electrons. The Kier molecular flexibility index (Phi) is 6.74. The summed E-state index contributed by atoms with van der Waals surface area (Å²) in [5, 5.41) is 0. The monoisotopic (exact) mass is 395 g/mol. The number of nitrogen functional groups attached to an aromatic ring is 1. The number of aromatic nitrogens is 2. The molecule has 3 heterocycles. The van der Waals surface area contributed by atoms with Gasteiger partial charge in [-0.3, -0.25) is 14.2 Å². The molecular formula is C18H29N5O5. The lowest BCUT2D eigenvalue weighted by Crippen LogP contribution is -2.50. The smallest absolute Gasteiger partial charge is 0.333 e. The summed E-state index contributed by atoms with van der Waals surface area (Å²) in [6.45, 7) is 5.98. The fourth-order valence-corrected chi connectivity index (χ4v) is 3.50. The second-order valence-corrected chi connectivity index (χ2v) is 7.01. The highest BCUT2D eigenvalue weighted by molar-refractivity contribution is 5.76. The molecule has 2 aliphatic heterocycles. The van der Waals surface area contributed by atoms with E-state index in [1.54, 1.807) is 4.90 Å². The summed E-state index contributed by atoms with van der Waals surface area (Å²) in [6.07, 6.45) is 1.63. The van der Waals surface area contributed by atoms with E-state index in [2.05, 4.69) is 0 Å². The van der Waals surface area contributed by atoms with Crippen molar-refractivity contribution in [2.45, 2.75) is 32.9 Å². The molecule has 2 fully saturated rings. The van der Waals surface area contributed by atoms with Gasteiger partial charge in [-0.15, -0.1) is 0 Å². The van der Waals surface area contributed by atoms with Crippen LogP contribution in [-0.2, 0) is 27.4 Å². The Morgan fingerprint density at radius 3 is 2.21 bits per heavy atom. The summed E-state index contributed by atoms with van der Waals surface area (Å²) in [4.78, 5) is 42.3. The molecule has 0 aromatic carbocycles. The van der Waals surface area contributed by atoms with Crippen LogP contribution in [0, 0.1) is 0 Å². The van der Waals surface area contributed by atoms with Crippen molar-refractivity contribution < 1.29 is 14.3 Å². The summed E-state index contributed by atoms with van der Waals surface area (Å²) in [5.41, 5.74) is 5.49. The molecule has 1 amide bonds. The number of nitrogens with zero attached hydrogens (tertiary/aromatic N) is 4. The molecule has 1 aromatic rings. The molecule has 0 aliphatic carbocycles. The van der Waals surface area contributed by atoms with Gasteiger partial charge in [-0.2, -0.15) is 0 Å². The molecule has 156 valence electrons. The minimum atomic E-state index is -0.533. The van der Waals surface area contributed by atoms with Gasteiger partial charge in [-0.1, -0.05) is 13.3 Å². The van der Waals surface area contributed by atoms with Gasteiger partial charge in [0, 0.05) is 32.7 Å². The van der Waals surface area contributed by atoms with Crippen LogP contribution in [0.15, 0.2) is 9.59 Å². The quantitative estimate of drug-likeness (QED) is 0.663. The molecule has 2 aliphatic rings. The zero-order chi connectivity index (χ0) is 20.1. The third kappa shape index (κ3) is 4.22. The Labute approximate surface area is 163 Å². The number of morpholine rings is 2. The van der Waals surface area contributed by atoms with E-state index in [1.165, 1.54) is 4.57 Å². The Hall–Kier alpha value is -2.33. The SMILES string of the molecule is CCCCn1c(N)c(N2CCOCC2)c(=O)n(CC(=O)N2CCOCC2)c1=O. The van der Waals surface area contributed by atoms with Gasteiger partial charge in [0.2, 0.25) is 5.91 Å². The van der Waals surface area contributed by atoms with Crippen molar-refractivity contribution in [2.24, 2.45) is 0 Å². The van der Waals surface area contributed by atoms with Crippen LogP contribution in [0.4, 0.5) is 11.5 Å². The number of nitrogens with two attached hydrogens (primary N) is 1. The molecule has 2 N–H and O–H groups in total. The number of ether oxygens (including phenoxy) is 2. The lowest BCUT2D eigenvalue weighted by Gasteiger charge is -2.31. The Morgan fingerprint density at radius 1 is 1.00 bits per heavy atom. The minimum absolute atomic E-state index is 0.167. The van der Waals surface area contributed by atoms with Gasteiger partial charge in [0.25, 0.3) is 5.56 Å². The molecule has 0 atom stereocenters. The zero-order valence-electron chi connectivity index (χ0n) is 16.4. The fourth-order valence-electron chi connectivity index (χ4n) is 3.50. The van der Waals surface area contributed by atoms with Crippen LogP contribution in [0.25, 0.3) is 0 Å². The van der Waals surface area contributed by atoms with Crippen LogP contribution >= 0.6 is 0 Å². The summed E-state index contributed by atoms with van der Waals surface area (Å²) in [5.74, 6) is -0.0948. The van der Waals surface area contributed by atoms with E-state index in [-0.39, 0.29) is 24.0 Å². The van der Waals surface area contributed by atoms with Gasteiger partial charge in [-0.25, -0.2) is 9.36 Å². The van der Waals surface area contributed by atoms with Gasteiger partial charge >= 0.3 is 5.69 Å². The maximum Gasteiger partial charge on any atom is 0.333 e. The molecule has 0 saturated carbocycles. The van der Waals surface area contributed by atoms with E-state index < -0.39 is 11.2 Å². The zero-order valence-corrected chi connectivity index (χ0v) is 16.4. The van der Waals surface area contributed by atoms with Crippen molar-refractivity contribution in [1.29, 1.82) is 0 Å². The van der Waals surface area contributed by atoms with Crippen molar-refractivity contribution in [3.8, 4) is 0 Å². The summed E-state index contributed by atoms with van der Waals surface area (Å²) >= 11 is 0. The van der Waals surface area contributed by atoms with Gasteiger partial charge in [0.1, 0.15) is 18.1 Å². The van der Waals surface area contributed by atoms with E-state index >= 15 is 0 Å². The molecule has 0 bridgehead atoms. The molecule has 3 rings (SSSR count). The maximum atomic E-state index is 13.1. The number of hydrogen-bond acceptors (Lipinski definition) is 7. The number of unbranched alkanes of at least 4 members (excludes halogenated alkanes) is 1. The van der Waals surface area contributed by atoms with Crippen molar-refractivity contribution in [3.05, 3.63) is 20.8 Å². The summed E-state index contributed by atoms with van der Waals surface area (Å²) in [7, 11) is 0. The summed E-state index contributed by atoms with van der Waals surface area (Å²) < 4.78 is 13.1. The predicted molar refractivity (Wildman–Crippen MR) is 105 cm³/mol. The predicted octanol–water partition coefficient (Wildman–Crippen LogP) is -0.912. The number of amides is 1. The lowest BCUT2D eigenvalue weighted by atomic mass is 10.3. The Morgan fingerprint density at radius 2 is 1.61 bits per heavy atom. The number of carbonyl (C=O) groups is 1. The second kappa shape index (κ2) is 9.24. The third-order valence-corrected chi connectivity index (χ3v) is 5.16. The van der Waals surface area contributed by atoms with E-state index in [0.29, 0.717) is 59.2 Å². The van der Waals surface area contributed by atoms with Crippen LogP contribution in [0.5, 0.6) is 0 Å². The molecule has 2 saturated heterocycles. The van der Waals surface area contributed by atoms with E-state index in [0.717, 1.165) is 17.4 Å². The molecule has 0 unspecified atom stereocenters. The molecule has 10 nitrogen and oxygen atoms in total. The van der Waals surface area contributed by atoms with Crippen LogP contribution in [0.1, 0.15) is 19.8 Å². The second-order valence-electron chi connectivity index (χ2n) is 7.01. The van der Waals surface area contributed by atoms with Gasteiger partial charge in [-0.05, 0) is 6.42 Å². The number of anilines is 2. The van der Waals surface area contributed by atoms with Crippen LogP contribution in [0.2, 0.25) is 0 Å². The standard InChI is InChI=1S/C18H29N5O5/c1-2-3-4-22-16(19)15(21-7-11-28-12-8-21)17(25)23(18(22)26)13-14(24)20-5-9-27-10-6-20/h2-13,19H2,1H3. The average molecular weight is 395 g/mol. The first kappa shape index (κ1) is 20.4. The van der Waals surface area contributed by atoms with Crippen molar-refractivity contribution >= 4 is 17.4 Å². The van der Waals surface area contributed by atoms with Crippen molar-refractivity contribution in [2.75, 3.05) is 63.2 Å². The largest absolute Gasteiger partial charge is 0.383 e. The maximum absolute atomic E-state index is 13.1. The topological polar surface area (TPSA) is 112 Å². The van der Waals surface area contributed by atoms with Crippen LogP contribution in [0.3, 0.4) is 0 Å². The highest BCUT2D eigenvalue weighted by Crippen LogP contribution is 2.18. The first-order valence-electron chi connectivity index (χ1n) is 9.86. The minimum Gasteiger partial charge on any atom is -0.383 e. The Bertz CT molecular complexity index is 806. The van der Waals surface area contributed by atoms with E-state index in [9.17, 15) is 14.4 Å². The van der Waals surface area contributed by atoms with Crippen LogP contribution in [-0.4, -0.2) is 72.5 Å². The molecular weight excluding hydrogens is 366 g/mol. The van der Waals surface area contributed by atoms with Gasteiger partial charge < -0.3 is 25.0 Å². The summed E-state index contributed by atoms with van der Waals surface area (Å²) in [6, 6.07) is 0. The fraction of sp³-hybridized carbons (Fsp3) is 0.722. The van der Waals surface area contributed by atoms with Gasteiger partial charge in [0.15, 0.2) is 0 Å². The third-order valence-electron chi connectivity index (χ3n) is 5.16. The number of carbonyl (C=O) groups excluding carboxylic acids is 1. The number of hydrogen-bond donors (Lipinski definition) is 1. The number of rotatable bonds is 6. The first-order chi connectivity index (χ1) is 13.5. The Balaban J connectivity index is 2.00. The normalized spacial score (nSPS) is 17.8. The van der Waals surface area contributed by atoms with Crippen LogP contribution < -0.4 is 21.9 Å². The molecule has 1 aromatic heterocycles. The van der Waals surface area contributed by atoms with Crippen molar-refractivity contribution in [3.63, 3.8) is 0 Å². The molecule has 10 heteroatoms.